The van der Waals surface area contributed by atoms with Crippen molar-refractivity contribution in [1.29, 1.82) is 0 Å². The van der Waals surface area contributed by atoms with Crippen LogP contribution in [0, 0.1) is 6.92 Å². The maximum atomic E-state index is 12.1. The predicted octanol–water partition coefficient (Wildman–Crippen LogP) is 2.51. The first-order chi connectivity index (χ1) is 10.7. The van der Waals surface area contributed by atoms with E-state index in [2.05, 4.69) is 20.7 Å². The Balaban J connectivity index is 1.84. The van der Waals surface area contributed by atoms with Gasteiger partial charge in [-0.15, -0.1) is 10.2 Å². The highest BCUT2D eigenvalue weighted by Crippen LogP contribution is 2.21. The Morgan fingerprint density at radius 2 is 2.23 bits per heavy atom. The lowest BCUT2D eigenvalue weighted by Gasteiger charge is -2.06. The fourth-order valence-electron chi connectivity index (χ4n) is 2.11. The van der Waals surface area contributed by atoms with Crippen LogP contribution in [0.15, 0.2) is 41.2 Å². The van der Waals surface area contributed by atoms with Crippen molar-refractivity contribution in [2.45, 2.75) is 20.4 Å². The van der Waals surface area contributed by atoms with Gasteiger partial charge in [0.1, 0.15) is 6.33 Å². The van der Waals surface area contributed by atoms with Gasteiger partial charge < -0.3 is 14.4 Å². The Hall–Kier alpha value is -2.96. The van der Waals surface area contributed by atoms with Crippen LogP contribution >= 0.6 is 0 Å². The summed E-state index contributed by atoms with van der Waals surface area (Å²) in [5, 5.41) is 14.5. The summed E-state index contributed by atoms with van der Waals surface area (Å²) in [6.45, 7) is 4.56. The van der Waals surface area contributed by atoms with Gasteiger partial charge in [-0.1, -0.05) is 17.3 Å². The van der Waals surface area contributed by atoms with Crippen molar-refractivity contribution in [3.8, 4) is 11.4 Å². The van der Waals surface area contributed by atoms with Crippen molar-refractivity contribution >= 4 is 11.6 Å². The molecule has 0 aliphatic rings. The molecule has 0 atom stereocenters. The average molecular weight is 297 g/mol. The van der Waals surface area contributed by atoms with Crippen LogP contribution in [0.25, 0.3) is 11.4 Å². The normalized spacial score (nSPS) is 10.6. The highest BCUT2D eigenvalue weighted by Gasteiger charge is 2.13. The van der Waals surface area contributed by atoms with Crippen LogP contribution in [0.2, 0.25) is 0 Å². The number of anilines is 1. The number of carbonyl (C=O) groups is 1. The van der Waals surface area contributed by atoms with Crippen molar-refractivity contribution in [1.82, 2.24) is 19.9 Å². The highest BCUT2D eigenvalue weighted by atomic mass is 16.5. The van der Waals surface area contributed by atoms with Crippen molar-refractivity contribution in [2.75, 3.05) is 5.32 Å². The van der Waals surface area contributed by atoms with Crippen LogP contribution in [0.5, 0.6) is 0 Å². The molecule has 0 saturated carbocycles. The molecule has 112 valence electrons. The molecule has 1 aromatic carbocycles. The molecule has 2 aromatic heterocycles. The molecule has 2 heterocycles. The SMILES string of the molecule is CCn1cnnc1-c1cccc(NC(=O)c2cc(C)no2)c1. The summed E-state index contributed by atoms with van der Waals surface area (Å²) in [6, 6.07) is 9.01. The van der Waals surface area contributed by atoms with E-state index in [9.17, 15) is 4.79 Å². The summed E-state index contributed by atoms with van der Waals surface area (Å²) >= 11 is 0. The number of hydrogen-bond donors (Lipinski definition) is 1. The van der Waals surface area contributed by atoms with E-state index in [-0.39, 0.29) is 11.7 Å². The number of nitrogens with zero attached hydrogens (tertiary/aromatic N) is 4. The van der Waals surface area contributed by atoms with E-state index < -0.39 is 0 Å². The van der Waals surface area contributed by atoms with E-state index in [1.807, 2.05) is 29.7 Å². The predicted molar refractivity (Wildman–Crippen MR) is 80.3 cm³/mol. The second-order valence-corrected chi connectivity index (χ2v) is 4.81. The number of aryl methyl sites for hydroxylation is 2. The minimum absolute atomic E-state index is 0.180. The summed E-state index contributed by atoms with van der Waals surface area (Å²) in [6.07, 6.45) is 1.68. The Labute approximate surface area is 127 Å². The molecule has 0 aliphatic carbocycles. The maximum Gasteiger partial charge on any atom is 0.294 e. The van der Waals surface area contributed by atoms with Crippen molar-refractivity contribution in [3.63, 3.8) is 0 Å². The molecule has 7 nitrogen and oxygen atoms in total. The topological polar surface area (TPSA) is 85.8 Å². The minimum atomic E-state index is -0.338. The number of rotatable bonds is 4. The lowest BCUT2D eigenvalue weighted by atomic mass is 10.2. The third kappa shape index (κ3) is 2.73. The molecule has 22 heavy (non-hydrogen) atoms. The number of amides is 1. The Morgan fingerprint density at radius 1 is 1.36 bits per heavy atom. The van der Waals surface area contributed by atoms with Gasteiger partial charge in [-0.3, -0.25) is 4.79 Å². The first-order valence-corrected chi connectivity index (χ1v) is 6.90. The van der Waals surface area contributed by atoms with E-state index in [4.69, 9.17) is 4.52 Å². The number of hydrogen-bond acceptors (Lipinski definition) is 5. The lowest BCUT2D eigenvalue weighted by Crippen LogP contribution is -2.11. The maximum absolute atomic E-state index is 12.1. The van der Waals surface area contributed by atoms with Crippen LogP contribution in [-0.4, -0.2) is 25.8 Å². The van der Waals surface area contributed by atoms with Crippen molar-refractivity contribution in [3.05, 3.63) is 48.1 Å². The van der Waals surface area contributed by atoms with Crippen LogP contribution in [0.1, 0.15) is 23.2 Å². The monoisotopic (exact) mass is 297 g/mol. The molecule has 0 fully saturated rings. The molecule has 3 rings (SSSR count). The summed E-state index contributed by atoms with van der Waals surface area (Å²) in [7, 11) is 0. The second kappa shape index (κ2) is 5.80. The number of carbonyl (C=O) groups excluding carboxylic acids is 1. The zero-order valence-electron chi connectivity index (χ0n) is 12.3. The number of nitrogens with one attached hydrogen (secondary N) is 1. The number of benzene rings is 1. The molecule has 1 N–H and O–H groups in total. The second-order valence-electron chi connectivity index (χ2n) is 4.81. The summed E-state index contributed by atoms with van der Waals surface area (Å²) in [4.78, 5) is 12.1. The average Bonchev–Trinajstić information content (AvgIpc) is 3.15. The first-order valence-electron chi connectivity index (χ1n) is 6.90. The Bertz CT molecular complexity index is 806. The molecule has 0 bridgehead atoms. The molecule has 0 saturated heterocycles. The van der Waals surface area contributed by atoms with Gasteiger partial charge in [-0.2, -0.15) is 0 Å². The molecule has 0 aliphatic heterocycles. The molecule has 1 amide bonds. The molecule has 0 radical (unpaired) electrons. The van der Waals surface area contributed by atoms with Gasteiger partial charge in [-0.05, 0) is 26.0 Å². The fraction of sp³-hybridized carbons (Fsp3) is 0.200. The molecular weight excluding hydrogens is 282 g/mol. The van der Waals surface area contributed by atoms with E-state index in [0.717, 1.165) is 17.9 Å². The van der Waals surface area contributed by atoms with Gasteiger partial charge >= 0.3 is 0 Å². The lowest BCUT2D eigenvalue weighted by molar-refractivity contribution is 0.0988. The van der Waals surface area contributed by atoms with Crippen LogP contribution in [0.3, 0.4) is 0 Å². The molecule has 0 unspecified atom stereocenters. The van der Waals surface area contributed by atoms with Crippen molar-refractivity contribution < 1.29 is 9.32 Å². The number of aromatic nitrogens is 4. The fourth-order valence-corrected chi connectivity index (χ4v) is 2.11. The van der Waals surface area contributed by atoms with E-state index in [1.165, 1.54) is 0 Å². The van der Waals surface area contributed by atoms with Gasteiger partial charge in [0.15, 0.2) is 5.82 Å². The zero-order valence-corrected chi connectivity index (χ0v) is 12.3. The smallest absolute Gasteiger partial charge is 0.294 e. The molecular formula is C15H15N5O2. The van der Waals surface area contributed by atoms with Gasteiger partial charge in [0.05, 0.1) is 5.69 Å². The van der Waals surface area contributed by atoms with Gasteiger partial charge in [0.25, 0.3) is 5.91 Å². The first kappa shape index (κ1) is 14.0. The molecule has 3 aromatic rings. The molecule has 0 spiro atoms. The standard InChI is InChI=1S/C15H15N5O2/c1-3-20-9-16-18-14(20)11-5-4-6-12(8-11)17-15(21)13-7-10(2)19-22-13/h4-9H,3H2,1-2H3,(H,17,21). The third-order valence-corrected chi connectivity index (χ3v) is 3.19. The quantitative estimate of drug-likeness (QED) is 0.799. The van der Waals surface area contributed by atoms with Gasteiger partial charge in [0, 0.05) is 23.9 Å². The third-order valence-electron chi connectivity index (χ3n) is 3.19. The molecule has 7 heteroatoms. The van der Waals surface area contributed by atoms with Crippen molar-refractivity contribution in [2.24, 2.45) is 0 Å². The Kier molecular flexibility index (Phi) is 3.69. The van der Waals surface area contributed by atoms with Crippen LogP contribution in [0.4, 0.5) is 5.69 Å². The van der Waals surface area contributed by atoms with Gasteiger partial charge in [-0.25, -0.2) is 0 Å². The highest BCUT2D eigenvalue weighted by molar-refractivity contribution is 6.02. The minimum Gasteiger partial charge on any atom is -0.351 e. The summed E-state index contributed by atoms with van der Waals surface area (Å²) < 4.78 is 6.88. The van der Waals surface area contributed by atoms with Crippen LogP contribution < -0.4 is 5.32 Å². The van der Waals surface area contributed by atoms with E-state index in [0.29, 0.717) is 11.4 Å². The van der Waals surface area contributed by atoms with Crippen LogP contribution in [-0.2, 0) is 6.54 Å². The van der Waals surface area contributed by atoms with E-state index >= 15 is 0 Å². The summed E-state index contributed by atoms with van der Waals surface area (Å²) in [5.41, 5.74) is 2.20. The summed E-state index contributed by atoms with van der Waals surface area (Å²) in [5.74, 6) is 0.600. The van der Waals surface area contributed by atoms with E-state index in [1.54, 1.807) is 25.4 Å². The zero-order chi connectivity index (χ0) is 15.5. The van der Waals surface area contributed by atoms with Gasteiger partial charge in [0.2, 0.25) is 5.76 Å². The largest absolute Gasteiger partial charge is 0.351 e. The Morgan fingerprint density at radius 3 is 2.95 bits per heavy atom.